The molecule has 0 atom stereocenters. The molecule has 25 heavy (non-hydrogen) atoms. The van der Waals surface area contributed by atoms with Crippen LogP contribution in [0.2, 0.25) is 0 Å². The number of rotatable bonds is 4. The van der Waals surface area contributed by atoms with Gasteiger partial charge in [0.05, 0.1) is 21.5 Å². The molecule has 1 aliphatic carbocycles. The molecule has 0 amide bonds. The maximum atomic E-state index is 13.0. The molecule has 3 aromatic rings. The second-order valence-corrected chi connectivity index (χ2v) is 6.27. The molecule has 0 aliphatic heterocycles. The number of hydrogen-bond acceptors (Lipinski definition) is 4. The van der Waals surface area contributed by atoms with Crippen molar-refractivity contribution in [3.63, 3.8) is 0 Å². The van der Waals surface area contributed by atoms with Gasteiger partial charge in [0.25, 0.3) is 11.2 Å². The molecule has 1 aliphatic rings. The maximum absolute atomic E-state index is 13.0. The normalized spacial score (nSPS) is 13.9. The van der Waals surface area contributed by atoms with Crippen LogP contribution in [-0.2, 0) is 6.54 Å². The fraction of sp³-hybridized carbons (Fsp3) is 0.222. The smallest absolute Gasteiger partial charge is 0.268 e. The highest BCUT2D eigenvalue weighted by Crippen LogP contribution is 2.30. The Morgan fingerprint density at radius 2 is 1.84 bits per heavy atom. The van der Waals surface area contributed by atoms with Crippen LogP contribution in [0.3, 0.4) is 0 Å². The molecule has 126 valence electrons. The molecule has 4 rings (SSSR count). The van der Waals surface area contributed by atoms with Crippen LogP contribution in [0.1, 0.15) is 12.8 Å². The Morgan fingerprint density at radius 1 is 1.08 bits per heavy atom. The third-order valence-corrected chi connectivity index (χ3v) is 4.48. The highest BCUT2D eigenvalue weighted by Gasteiger charge is 2.25. The van der Waals surface area contributed by atoms with Crippen LogP contribution in [0.15, 0.2) is 58.1 Å². The lowest BCUT2D eigenvalue weighted by molar-refractivity contribution is -0.384. The van der Waals surface area contributed by atoms with E-state index < -0.39 is 10.6 Å². The first kappa shape index (κ1) is 15.3. The highest BCUT2D eigenvalue weighted by molar-refractivity contribution is 5.79. The van der Waals surface area contributed by atoms with Crippen molar-refractivity contribution in [1.82, 2.24) is 9.13 Å². The van der Waals surface area contributed by atoms with E-state index in [1.165, 1.54) is 27.3 Å². The first-order valence-electron chi connectivity index (χ1n) is 8.05. The number of fused-ring (bicyclic) bond motifs is 1. The molecule has 1 fully saturated rings. The Labute approximate surface area is 141 Å². The molecule has 0 unspecified atom stereocenters. The molecule has 1 saturated carbocycles. The van der Waals surface area contributed by atoms with E-state index in [1.807, 2.05) is 0 Å². The third kappa shape index (κ3) is 2.63. The van der Waals surface area contributed by atoms with E-state index in [0.29, 0.717) is 29.1 Å². The summed E-state index contributed by atoms with van der Waals surface area (Å²) < 4.78 is 2.63. The summed E-state index contributed by atoms with van der Waals surface area (Å²) in [6, 6.07) is 12.7. The highest BCUT2D eigenvalue weighted by atomic mass is 16.6. The maximum Gasteiger partial charge on any atom is 0.336 e. The molecule has 2 aromatic carbocycles. The lowest BCUT2D eigenvalue weighted by Gasteiger charge is -2.14. The van der Waals surface area contributed by atoms with Gasteiger partial charge in [0.1, 0.15) is 0 Å². The Kier molecular flexibility index (Phi) is 3.49. The number of aromatic nitrogens is 2. The summed E-state index contributed by atoms with van der Waals surface area (Å²) >= 11 is 0. The van der Waals surface area contributed by atoms with Crippen molar-refractivity contribution in [2.75, 3.05) is 0 Å². The lowest BCUT2D eigenvalue weighted by Crippen LogP contribution is -2.40. The van der Waals surface area contributed by atoms with E-state index >= 15 is 0 Å². The second-order valence-electron chi connectivity index (χ2n) is 6.27. The van der Waals surface area contributed by atoms with Crippen LogP contribution in [0.25, 0.3) is 16.6 Å². The Bertz CT molecular complexity index is 1110. The molecule has 0 bridgehead atoms. The van der Waals surface area contributed by atoms with E-state index in [2.05, 4.69) is 0 Å². The van der Waals surface area contributed by atoms with Gasteiger partial charge in [-0.2, -0.15) is 0 Å². The zero-order chi connectivity index (χ0) is 17.6. The number of nitrogens with zero attached hydrogens (tertiary/aromatic N) is 3. The molecule has 0 saturated heterocycles. The van der Waals surface area contributed by atoms with Gasteiger partial charge in [0.15, 0.2) is 0 Å². The molecule has 0 radical (unpaired) electrons. The summed E-state index contributed by atoms with van der Waals surface area (Å²) in [7, 11) is 0. The monoisotopic (exact) mass is 337 g/mol. The minimum atomic E-state index is -0.503. The standard InChI is InChI=1S/C18H15N3O4/c22-17-15-6-1-2-7-16(15)20(18(23)19(17)11-12-8-9-12)13-4-3-5-14(10-13)21(24)25/h1-7,10,12H,8-9,11H2. The second kappa shape index (κ2) is 5.70. The molecule has 0 spiro atoms. The van der Waals surface area contributed by atoms with Crippen LogP contribution in [0.4, 0.5) is 5.69 Å². The van der Waals surface area contributed by atoms with Gasteiger partial charge in [-0.3, -0.25) is 24.0 Å². The molecule has 1 heterocycles. The van der Waals surface area contributed by atoms with Crippen LogP contribution in [-0.4, -0.2) is 14.1 Å². The van der Waals surface area contributed by atoms with Crippen molar-refractivity contribution in [2.45, 2.75) is 19.4 Å². The average molecular weight is 337 g/mol. The summed E-state index contributed by atoms with van der Waals surface area (Å²) in [5.74, 6) is 0.352. The zero-order valence-corrected chi connectivity index (χ0v) is 13.3. The number of para-hydroxylation sites is 1. The van der Waals surface area contributed by atoms with Crippen molar-refractivity contribution < 1.29 is 4.92 Å². The Hall–Kier alpha value is -3.22. The van der Waals surface area contributed by atoms with Crippen molar-refractivity contribution >= 4 is 16.6 Å². The number of non-ortho nitro benzene ring substituents is 1. The van der Waals surface area contributed by atoms with Gasteiger partial charge in [-0.1, -0.05) is 18.2 Å². The van der Waals surface area contributed by atoms with Gasteiger partial charge in [0.2, 0.25) is 0 Å². The molecule has 7 heteroatoms. The molecular formula is C18H15N3O4. The minimum Gasteiger partial charge on any atom is -0.268 e. The summed E-state index contributed by atoms with van der Waals surface area (Å²) in [5.41, 5.74) is -0.0521. The van der Waals surface area contributed by atoms with Gasteiger partial charge in [-0.15, -0.1) is 0 Å². The van der Waals surface area contributed by atoms with Crippen molar-refractivity contribution in [3.05, 3.63) is 79.5 Å². The fourth-order valence-electron chi connectivity index (χ4n) is 3.02. The predicted molar refractivity (Wildman–Crippen MR) is 93.2 cm³/mol. The Morgan fingerprint density at radius 3 is 2.56 bits per heavy atom. The van der Waals surface area contributed by atoms with Crippen molar-refractivity contribution in [2.24, 2.45) is 5.92 Å². The van der Waals surface area contributed by atoms with Gasteiger partial charge in [-0.25, -0.2) is 4.79 Å². The summed E-state index contributed by atoms with van der Waals surface area (Å²) in [6.07, 6.45) is 2.02. The van der Waals surface area contributed by atoms with E-state index in [1.54, 1.807) is 30.3 Å². The SMILES string of the molecule is O=c1c2ccccc2n(-c2cccc([N+](=O)[O-])c2)c(=O)n1CC1CC1. The molecule has 0 N–H and O–H groups in total. The van der Waals surface area contributed by atoms with Crippen LogP contribution in [0, 0.1) is 16.0 Å². The van der Waals surface area contributed by atoms with Gasteiger partial charge in [-0.05, 0) is 37.0 Å². The van der Waals surface area contributed by atoms with Gasteiger partial charge < -0.3 is 0 Å². The Balaban J connectivity index is 2.05. The van der Waals surface area contributed by atoms with E-state index in [9.17, 15) is 19.7 Å². The van der Waals surface area contributed by atoms with E-state index in [4.69, 9.17) is 0 Å². The first-order chi connectivity index (χ1) is 12.1. The summed E-state index contributed by atoms with van der Waals surface area (Å²) in [4.78, 5) is 36.3. The average Bonchev–Trinajstić information content (AvgIpc) is 3.43. The van der Waals surface area contributed by atoms with E-state index in [-0.39, 0.29) is 11.2 Å². The van der Waals surface area contributed by atoms with Crippen molar-refractivity contribution in [1.29, 1.82) is 0 Å². The van der Waals surface area contributed by atoms with Crippen LogP contribution < -0.4 is 11.2 Å². The fourth-order valence-corrected chi connectivity index (χ4v) is 3.02. The summed E-state index contributed by atoms with van der Waals surface area (Å²) in [6.45, 7) is 0.386. The minimum absolute atomic E-state index is 0.103. The topological polar surface area (TPSA) is 87.1 Å². The van der Waals surface area contributed by atoms with Crippen molar-refractivity contribution in [3.8, 4) is 5.69 Å². The largest absolute Gasteiger partial charge is 0.336 e. The predicted octanol–water partition coefficient (Wildman–Crippen LogP) is 2.47. The number of nitro groups is 1. The number of nitro benzene ring substituents is 1. The number of hydrogen-bond donors (Lipinski definition) is 0. The number of benzene rings is 2. The van der Waals surface area contributed by atoms with Gasteiger partial charge in [0, 0.05) is 18.7 Å². The van der Waals surface area contributed by atoms with E-state index in [0.717, 1.165) is 12.8 Å². The third-order valence-electron chi connectivity index (χ3n) is 4.48. The molecule has 1 aromatic heterocycles. The van der Waals surface area contributed by atoms with Crippen LogP contribution >= 0.6 is 0 Å². The lowest BCUT2D eigenvalue weighted by atomic mass is 10.2. The molecular weight excluding hydrogens is 322 g/mol. The molecule has 7 nitrogen and oxygen atoms in total. The van der Waals surface area contributed by atoms with Gasteiger partial charge >= 0.3 is 5.69 Å². The van der Waals surface area contributed by atoms with Crippen LogP contribution in [0.5, 0.6) is 0 Å². The summed E-state index contributed by atoms with van der Waals surface area (Å²) in [5, 5.41) is 11.5. The zero-order valence-electron chi connectivity index (χ0n) is 13.3. The quantitative estimate of drug-likeness (QED) is 0.540. The first-order valence-corrected chi connectivity index (χ1v) is 8.05.